The number of nitrogens with zero attached hydrogens (tertiary/aromatic N) is 2. The summed E-state index contributed by atoms with van der Waals surface area (Å²) in [6.45, 7) is 7.10. The van der Waals surface area contributed by atoms with Gasteiger partial charge in [0.05, 0.1) is 6.54 Å². The van der Waals surface area contributed by atoms with Crippen LogP contribution in [0.2, 0.25) is 0 Å². The van der Waals surface area contributed by atoms with E-state index < -0.39 is 6.36 Å². The Morgan fingerprint density at radius 2 is 1.81 bits per heavy atom. The normalized spacial score (nSPS) is 17.1. The zero-order chi connectivity index (χ0) is 18.4. The maximum Gasteiger partial charge on any atom is 0.573 e. The highest BCUT2D eigenvalue weighted by molar-refractivity contribution is 14.0. The van der Waals surface area contributed by atoms with E-state index >= 15 is 0 Å². The van der Waals surface area contributed by atoms with E-state index in [0.717, 1.165) is 13.1 Å². The third kappa shape index (κ3) is 7.56. The van der Waals surface area contributed by atoms with E-state index in [9.17, 15) is 13.2 Å². The van der Waals surface area contributed by atoms with E-state index in [-0.39, 0.29) is 35.7 Å². The molecule has 1 atom stereocenters. The number of aliphatic imine (C=N–C) groups is 1. The van der Waals surface area contributed by atoms with E-state index in [0.29, 0.717) is 24.2 Å². The number of benzene rings is 1. The molecule has 0 saturated carbocycles. The SMILES string of the molecule is CC(C)C(CN=C(N)Nc1ccc(OC(F)(F)F)cc1)N1CCCC1.I. The first-order valence-corrected chi connectivity index (χ1v) is 8.41. The molecular weight excluding hydrogens is 460 g/mol. The molecule has 5 nitrogen and oxygen atoms in total. The second-order valence-corrected chi connectivity index (χ2v) is 6.48. The van der Waals surface area contributed by atoms with Crippen LogP contribution in [-0.2, 0) is 0 Å². The molecule has 3 N–H and O–H groups in total. The predicted octanol–water partition coefficient (Wildman–Crippen LogP) is 4.05. The summed E-state index contributed by atoms with van der Waals surface area (Å²) in [4.78, 5) is 6.83. The van der Waals surface area contributed by atoms with Gasteiger partial charge in [0.2, 0.25) is 0 Å². The van der Waals surface area contributed by atoms with Crippen LogP contribution < -0.4 is 15.8 Å². The second kappa shape index (κ2) is 10.2. The lowest BCUT2D eigenvalue weighted by atomic mass is 10.0. The zero-order valence-electron chi connectivity index (χ0n) is 14.9. The van der Waals surface area contributed by atoms with E-state index in [4.69, 9.17) is 5.73 Å². The molecule has 0 spiro atoms. The van der Waals surface area contributed by atoms with Gasteiger partial charge < -0.3 is 15.8 Å². The number of likely N-dealkylation sites (tertiary alicyclic amines) is 1. The molecule has 0 bridgehead atoms. The van der Waals surface area contributed by atoms with Crippen molar-refractivity contribution >= 4 is 35.6 Å². The molecule has 1 fully saturated rings. The van der Waals surface area contributed by atoms with Crippen LogP contribution in [0.1, 0.15) is 26.7 Å². The van der Waals surface area contributed by atoms with Crippen LogP contribution in [0.5, 0.6) is 5.75 Å². The van der Waals surface area contributed by atoms with Crippen LogP contribution in [0.15, 0.2) is 29.3 Å². The topological polar surface area (TPSA) is 62.9 Å². The smallest absolute Gasteiger partial charge is 0.406 e. The molecule has 1 unspecified atom stereocenters. The summed E-state index contributed by atoms with van der Waals surface area (Å²) >= 11 is 0. The summed E-state index contributed by atoms with van der Waals surface area (Å²) in [6, 6.07) is 5.72. The molecule has 2 rings (SSSR count). The molecular formula is C17H26F3IN4O. The monoisotopic (exact) mass is 486 g/mol. The van der Waals surface area contributed by atoms with Gasteiger partial charge in [-0.2, -0.15) is 0 Å². The van der Waals surface area contributed by atoms with Gasteiger partial charge in [0.1, 0.15) is 5.75 Å². The lowest BCUT2D eigenvalue weighted by Gasteiger charge is -2.29. The van der Waals surface area contributed by atoms with Gasteiger partial charge in [-0.15, -0.1) is 37.1 Å². The summed E-state index contributed by atoms with van der Waals surface area (Å²) in [5, 5.41) is 2.89. The minimum atomic E-state index is -4.70. The van der Waals surface area contributed by atoms with E-state index in [1.54, 1.807) is 0 Å². The van der Waals surface area contributed by atoms with Crippen molar-refractivity contribution in [3.05, 3.63) is 24.3 Å². The fourth-order valence-corrected chi connectivity index (χ4v) is 2.94. The highest BCUT2D eigenvalue weighted by Crippen LogP contribution is 2.24. The van der Waals surface area contributed by atoms with Crippen LogP contribution in [0.25, 0.3) is 0 Å². The van der Waals surface area contributed by atoms with Crippen LogP contribution in [0.3, 0.4) is 0 Å². The summed E-state index contributed by atoms with van der Waals surface area (Å²) < 4.78 is 40.3. The molecule has 0 aliphatic carbocycles. The molecule has 148 valence electrons. The van der Waals surface area contributed by atoms with Crippen molar-refractivity contribution < 1.29 is 17.9 Å². The molecule has 1 saturated heterocycles. The first-order chi connectivity index (χ1) is 11.7. The molecule has 0 radical (unpaired) electrons. The number of anilines is 1. The molecule has 1 aromatic rings. The number of guanidine groups is 1. The quantitative estimate of drug-likeness (QED) is 0.362. The highest BCUT2D eigenvalue weighted by Gasteiger charge is 2.31. The lowest BCUT2D eigenvalue weighted by molar-refractivity contribution is -0.274. The molecule has 1 heterocycles. The summed E-state index contributed by atoms with van der Waals surface area (Å²) in [5.74, 6) is 0.435. The summed E-state index contributed by atoms with van der Waals surface area (Å²) in [5.41, 5.74) is 6.46. The van der Waals surface area contributed by atoms with E-state index in [1.807, 2.05) is 0 Å². The Labute approximate surface area is 169 Å². The van der Waals surface area contributed by atoms with E-state index in [2.05, 4.69) is 33.8 Å². The van der Waals surface area contributed by atoms with Crippen molar-refractivity contribution in [1.29, 1.82) is 0 Å². The van der Waals surface area contributed by atoms with Gasteiger partial charge in [-0.3, -0.25) is 9.89 Å². The number of nitrogens with one attached hydrogen (secondary N) is 1. The van der Waals surface area contributed by atoms with Gasteiger partial charge in [0.25, 0.3) is 0 Å². The molecule has 1 aromatic carbocycles. The standard InChI is InChI=1S/C17H25F3N4O.HI/c1-12(2)15(24-9-3-4-10-24)11-22-16(21)23-13-5-7-14(8-6-13)25-17(18,19)20;/h5-8,12,15H,3-4,9-11H2,1-2H3,(H3,21,22,23);1H. The van der Waals surface area contributed by atoms with Crippen molar-refractivity contribution in [2.24, 2.45) is 16.6 Å². The Kier molecular flexibility index (Phi) is 8.94. The van der Waals surface area contributed by atoms with Crippen molar-refractivity contribution in [2.75, 3.05) is 25.0 Å². The maximum atomic E-state index is 12.1. The number of halogens is 4. The van der Waals surface area contributed by atoms with Crippen molar-refractivity contribution in [3.63, 3.8) is 0 Å². The summed E-state index contributed by atoms with van der Waals surface area (Å²) in [7, 11) is 0. The van der Waals surface area contributed by atoms with Gasteiger partial charge in [-0.1, -0.05) is 13.8 Å². The third-order valence-corrected chi connectivity index (χ3v) is 4.19. The number of rotatable bonds is 6. The molecule has 26 heavy (non-hydrogen) atoms. The molecule has 1 aliphatic heterocycles. The fraction of sp³-hybridized carbons (Fsp3) is 0.588. The van der Waals surface area contributed by atoms with Crippen molar-refractivity contribution in [1.82, 2.24) is 4.90 Å². The number of hydrogen-bond acceptors (Lipinski definition) is 3. The second-order valence-electron chi connectivity index (χ2n) is 6.48. The Morgan fingerprint density at radius 1 is 1.23 bits per heavy atom. The minimum Gasteiger partial charge on any atom is -0.406 e. The number of ether oxygens (including phenoxy) is 1. The molecule has 1 aliphatic rings. The van der Waals surface area contributed by atoms with Gasteiger partial charge >= 0.3 is 6.36 Å². The van der Waals surface area contributed by atoms with Crippen LogP contribution in [0.4, 0.5) is 18.9 Å². The highest BCUT2D eigenvalue weighted by atomic mass is 127. The number of nitrogens with two attached hydrogens (primary N) is 1. The maximum absolute atomic E-state index is 12.1. The number of hydrogen-bond donors (Lipinski definition) is 2. The van der Waals surface area contributed by atoms with E-state index in [1.165, 1.54) is 37.1 Å². The molecule has 0 aromatic heterocycles. The van der Waals surface area contributed by atoms with Crippen molar-refractivity contribution in [2.45, 2.75) is 39.1 Å². The van der Waals surface area contributed by atoms with Gasteiger partial charge in [-0.05, 0) is 56.1 Å². The van der Waals surface area contributed by atoms with Gasteiger partial charge in [0, 0.05) is 11.7 Å². The Bertz CT molecular complexity index is 572. The first-order valence-electron chi connectivity index (χ1n) is 8.41. The Hall–Kier alpha value is -1.23. The van der Waals surface area contributed by atoms with Crippen LogP contribution in [0, 0.1) is 5.92 Å². The van der Waals surface area contributed by atoms with Crippen molar-refractivity contribution in [3.8, 4) is 5.75 Å². The average molecular weight is 486 g/mol. The Morgan fingerprint density at radius 3 is 2.31 bits per heavy atom. The fourth-order valence-electron chi connectivity index (χ4n) is 2.94. The Balaban J connectivity index is 0.00000338. The third-order valence-electron chi connectivity index (χ3n) is 4.19. The number of alkyl halides is 3. The molecule has 9 heteroatoms. The summed E-state index contributed by atoms with van der Waals surface area (Å²) in [6.07, 6.45) is -2.27. The van der Waals surface area contributed by atoms with Crippen LogP contribution in [-0.4, -0.2) is 42.9 Å². The predicted molar refractivity (Wildman–Crippen MR) is 108 cm³/mol. The van der Waals surface area contributed by atoms with Crippen LogP contribution >= 0.6 is 24.0 Å². The van der Waals surface area contributed by atoms with Gasteiger partial charge in [-0.25, -0.2) is 0 Å². The van der Waals surface area contributed by atoms with Gasteiger partial charge in [0.15, 0.2) is 5.96 Å². The lowest BCUT2D eigenvalue weighted by Crippen LogP contribution is -2.40. The average Bonchev–Trinajstić information content (AvgIpc) is 3.02. The zero-order valence-corrected chi connectivity index (χ0v) is 17.3. The largest absolute Gasteiger partial charge is 0.573 e. The molecule has 0 amide bonds. The minimum absolute atomic E-state index is 0. The first kappa shape index (κ1) is 22.8.